The number of nitrogens with two attached hydrogens (primary N) is 2. The standard InChI is InChI=1S/C17H17N3.2ClH/c1-11-7-17(19)20-16-9-14(5-6-15(11)16)13-4-2-3-12(8-13)10-18;;/h2-9H,10,18H2,1H3,(H2,19,20);2*1H. The van der Waals surface area contributed by atoms with Crippen molar-refractivity contribution < 1.29 is 0 Å². The minimum absolute atomic E-state index is 0. The lowest BCUT2D eigenvalue weighted by Gasteiger charge is -2.08. The molecule has 1 heterocycles. The van der Waals surface area contributed by atoms with Crippen LogP contribution in [0, 0.1) is 6.92 Å². The summed E-state index contributed by atoms with van der Waals surface area (Å²) in [5.41, 5.74) is 17.0. The number of benzene rings is 2. The molecule has 22 heavy (non-hydrogen) atoms. The minimum atomic E-state index is 0. The van der Waals surface area contributed by atoms with E-state index in [1.807, 2.05) is 18.2 Å². The van der Waals surface area contributed by atoms with Gasteiger partial charge in [0.1, 0.15) is 5.82 Å². The molecule has 0 amide bonds. The van der Waals surface area contributed by atoms with Crippen LogP contribution in [-0.2, 0) is 6.54 Å². The maximum absolute atomic E-state index is 5.83. The highest BCUT2D eigenvalue weighted by atomic mass is 35.5. The molecule has 0 aliphatic heterocycles. The van der Waals surface area contributed by atoms with Crippen molar-refractivity contribution in [2.75, 3.05) is 5.73 Å². The number of halogens is 2. The van der Waals surface area contributed by atoms with Gasteiger partial charge in [-0.2, -0.15) is 0 Å². The summed E-state index contributed by atoms with van der Waals surface area (Å²) in [6, 6.07) is 16.4. The van der Waals surface area contributed by atoms with E-state index in [1.54, 1.807) is 0 Å². The number of nitrogen functional groups attached to an aromatic ring is 1. The van der Waals surface area contributed by atoms with Crippen molar-refractivity contribution in [3.8, 4) is 11.1 Å². The number of aromatic nitrogens is 1. The Morgan fingerprint density at radius 1 is 0.955 bits per heavy atom. The summed E-state index contributed by atoms with van der Waals surface area (Å²) in [5, 5.41) is 1.14. The van der Waals surface area contributed by atoms with E-state index in [0.717, 1.165) is 33.2 Å². The van der Waals surface area contributed by atoms with Gasteiger partial charge in [0.2, 0.25) is 0 Å². The summed E-state index contributed by atoms with van der Waals surface area (Å²) in [4.78, 5) is 4.42. The molecule has 2 aromatic carbocycles. The average Bonchev–Trinajstić information content (AvgIpc) is 2.46. The van der Waals surface area contributed by atoms with Crippen LogP contribution >= 0.6 is 24.8 Å². The van der Waals surface area contributed by atoms with Crippen LogP contribution in [0.3, 0.4) is 0 Å². The highest BCUT2D eigenvalue weighted by Crippen LogP contribution is 2.26. The van der Waals surface area contributed by atoms with Crippen LogP contribution < -0.4 is 11.5 Å². The molecule has 116 valence electrons. The molecule has 0 bridgehead atoms. The van der Waals surface area contributed by atoms with Gasteiger partial charge in [-0.25, -0.2) is 4.98 Å². The van der Waals surface area contributed by atoms with Crippen LogP contribution in [0.2, 0.25) is 0 Å². The molecule has 0 unspecified atom stereocenters. The zero-order valence-corrected chi connectivity index (χ0v) is 13.9. The molecule has 0 spiro atoms. The molecule has 0 aliphatic carbocycles. The van der Waals surface area contributed by atoms with Gasteiger partial charge in [0.05, 0.1) is 5.52 Å². The lowest BCUT2D eigenvalue weighted by atomic mass is 10.0. The van der Waals surface area contributed by atoms with Gasteiger partial charge < -0.3 is 11.5 Å². The maximum atomic E-state index is 5.83. The molecule has 0 atom stereocenters. The molecule has 4 N–H and O–H groups in total. The van der Waals surface area contributed by atoms with E-state index >= 15 is 0 Å². The Morgan fingerprint density at radius 2 is 1.68 bits per heavy atom. The van der Waals surface area contributed by atoms with E-state index in [9.17, 15) is 0 Å². The van der Waals surface area contributed by atoms with Crippen molar-refractivity contribution in [1.82, 2.24) is 4.98 Å². The van der Waals surface area contributed by atoms with Crippen molar-refractivity contribution >= 4 is 41.5 Å². The lowest BCUT2D eigenvalue weighted by Crippen LogP contribution is -1.96. The summed E-state index contributed by atoms with van der Waals surface area (Å²) in [5.74, 6) is 0.558. The Balaban J connectivity index is 0.00000121. The molecule has 3 nitrogen and oxygen atoms in total. The van der Waals surface area contributed by atoms with Crippen molar-refractivity contribution in [3.05, 3.63) is 59.7 Å². The van der Waals surface area contributed by atoms with Crippen LogP contribution in [-0.4, -0.2) is 4.98 Å². The van der Waals surface area contributed by atoms with Crippen molar-refractivity contribution in [1.29, 1.82) is 0 Å². The fourth-order valence-corrected chi connectivity index (χ4v) is 2.49. The summed E-state index contributed by atoms with van der Waals surface area (Å²) >= 11 is 0. The summed E-state index contributed by atoms with van der Waals surface area (Å²) in [6.07, 6.45) is 0. The zero-order valence-electron chi connectivity index (χ0n) is 12.2. The van der Waals surface area contributed by atoms with Crippen LogP contribution in [0.15, 0.2) is 48.5 Å². The van der Waals surface area contributed by atoms with Crippen molar-refractivity contribution in [2.45, 2.75) is 13.5 Å². The Morgan fingerprint density at radius 3 is 2.41 bits per heavy atom. The van der Waals surface area contributed by atoms with Gasteiger partial charge in [0.15, 0.2) is 0 Å². The Labute approximate surface area is 142 Å². The predicted octanol–water partition coefficient (Wildman–Crippen LogP) is 4.09. The Bertz CT molecular complexity index is 788. The van der Waals surface area contributed by atoms with Crippen molar-refractivity contribution in [2.24, 2.45) is 5.73 Å². The molecule has 0 saturated heterocycles. The van der Waals surface area contributed by atoms with Crippen LogP contribution in [0.25, 0.3) is 22.0 Å². The molecule has 0 aliphatic rings. The van der Waals surface area contributed by atoms with Crippen LogP contribution in [0.1, 0.15) is 11.1 Å². The quantitative estimate of drug-likeness (QED) is 0.741. The molecule has 1 aromatic heterocycles. The van der Waals surface area contributed by atoms with E-state index < -0.39 is 0 Å². The van der Waals surface area contributed by atoms with Crippen molar-refractivity contribution in [3.63, 3.8) is 0 Å². The van der Waals surface area contributed by atoms with Crippen LogP contribution in [0.4, 0.5) is 5.82 Å². The molecule has 0 saturated carbocycles. The number of rotatable bonds is 2. The Kier molecular flexibility index (Phi) is 6.18. The summed E-state index contributed by atoms with van der Waals surface area (Å²) < 4.78 is 0. The van der Waals surface area contributed by atoms with Gasteiger partial charge in [0.25, 0.3) is 0 Å². The second kappa shape index (κ2) is 7.45. The number of pyridine rings is 1. The largest absolute Gasteiger partial charge is 0.384 e. The summed E-state index contributed by atoms with van der Waals surface area (Å²) in [6.45, 7) is 2.60. The molecular formula is C17H19Cl2N3. The number of nitrogens with zero attached hydrogens (tertiary/aromatic N) is 1. The minimum Gasteiger partial charge on any atom is -0.384 e. The molecule has 3 rings (SSSR count). The molecular weight excluding hydrogens is 317 g/mol. The SMILES string of the molecule is Cc1cc(N)nc2cc(-c3cccc(CN)c3)ccc12.Cl.Cl. The topological polar surface area (TPSA) is 64.9 Å². The first-order valence-corrected chi connectivity index (χ1v) is 6.63. The first-order chi connectivity index (χ1) is 9.67. The molecule has 0 fully saturated rings. The van der Waals surface area contributed by atoms with Gasteiger partial charge in [0, 0.05) is 11.9 Å². The van der Waals surface area contributed by atoms with E-state index in [4.69, 9.17) is 11.5 Å². The normalized spacial score (nSPS) is 9.91. The van der Waals surface area contributed by atoms with Crippen LogP contribution in [0.5, 0.6) is 0 Å². The number of fused-ring (bicyclic) bond motifs is 1. The van der Waals surface area contributed by atoms with Gasteiger partial charge in [-0.05, 0) is 47.4 Å². The maximum Gasteiger partial charge on any atom is 0.124 e. The first kappa shape index (κ1) is 18.2. The highest BCUT2D eigenvalue weighted by molar-refractivity contribution is 5.88. The Hall–Kier alpha value is -1.81. The lowest BCUT2D eigenvalue weighted by molar-refractivity contribution is 1.07. The highest BCUT2D eigenvalue weighted by Gasteiger charge is 2.04. The second-order valence-electron chi connectivity index (χ2n) is 5.00. The number of aryl methyl sites for hydroxylation is 1. The predicted molar refractivity (Wildman–Crippen MR) is 98.7 cm³/mol. The third-order valence-corrected chi connectivity index (χ3v) is 3.53. The molecule has 0 radical (unpaired) electrons. The van der Waals surface area contributed by atoms with E-state index in [2.05, 4.69) is 42.2 Å². The van der Waals surface area contributed by atoms with Gasteiger partial charge in [-0.15, -0.1) is 24.8 Å². The second-order valence-corrected chi connectivity index (χ2v) is 5.00. The molecule has 5 heteroatoms. The van der Waals surface area contributed by atoms with E-state index in [1.165, 1.54) is 0 Å². The van der Waals surface area contributed by atoms with E-state index in [0.29, 0.717) is 12.4 Å². The third kappa shape index (κ3) is 3.50. The van der Waals surface area contributed by atoms with Gasteiger partial charge in [-0.3, -0.25) is 0 Å². The number of anilines is 1. The summed E-state index contributed by atoms with van der Waals surface area (Å²) in [7, 11) is 0. The number of hydrogen-bond donors (Lipinski definition) is 2. The molecule has 3 aromatic rings. The van der Waals surface area contributed by atoms with E-state index in [-0.39, 0.29) is 24.8 Å². The smallest absolute Gasteiger partial charge is 0.124 e. The fourth-order valence-electron chi connectivity index (χ4n) is 2.49. The average molecular weight is 336 g/mol. The number of hydrogen-bond acceptors (Lipinski definition) is 3. The fraction of sp³-hybridized carbons (Fsp3) is 0.118. The van der Waals surface area contributed by atoms with Gasteiger partial charge in [-0.1, -0.05) is 30.3 Å². The first-order valence-electron chi connectivity index (χ1n) is 6.63. The monoisotopic (exact) mass is 335 g/mol. The zero-order chi connectivity index (χ0) is 14.1. The third-order valence-electron chi connectivity index (χ3n) is 3.53. The van der Waals surface area contributed by atoms with Gasteiger partial charge >= 0.3 is 0 Å².